The number of nitrogens with zero attached hydrogens (tertiary/aromatic N) is 3. The Morgan fingerprint density at radius 3 is 2.52 bits per heavy atom. The number of hydrogen-bond donors (Lipinski definition) is 2. The van der Waals surface area contributed by atoms with Gasteiger partial charge in [0.25, 0.3) is 5.91 Å². The van der Waals surface area contributed by atoms with E-state index in [4.69, 9.17) is 25.8 Å². The van der Waals surface area contributed by atoms with Crippen molar-refractivity contribution in [1.82, 2.24) is 20.1 Å². The summed E-state index contributed by atoms with van der Waals surface area (Å²) in [5.41, 5.74) is -3.46. The van der Waals surface area contributed by atoms with Gasteiger partial charge in [-0.3, -0.25) is 9.48 Å². The average molecular weight is 631 g/mol. The number of rotatable bonds is 8. The van der Waals surface area contributed by atoms with E-state index in [0.29, 0.717) is 39.3 Å². The van der Waals surface area contributed by atoms with Gasteiger partial charge in [-0.15, -0.1) is 0 Å². The quantitative estimate of drug-likeness (QED) is 0.248. The van der Waals surface area contributed by atoms with Crippen LogP contribution in [0, 0.1) is 0 Å². The van der Waals surface area contributed by atoms with Gasteiger partial charge in [0.1, 0.15) is 28.5 Å². The normalized spacial score (nSPS) is 17.1. The van der Waals surface area contributed by atoms with E-state index in [1.165, 1.54) is 38.5 Å². The second kappa shape index (κ2) is 10.6. The Labute approximate surface area is 255 Å². The Morgan fingerprint density at radius 1 is 1.16 bits per heavy atom. The molecule has 1 atom stereocenters. The second-order valence-corrected chi connectivity index (χ2v) is 12.2. The van der Waals surface area contributed by atoms with E-state index in [0.717, 1.165) is 12.8 Å². The number of fused-ring (bicyclic) bond motifs is 2. The summed E-state index contributed by atoms with van der Waals surface area (Å²) < 4.78 is 62.6. The smallest absolute Gasteiger partial charge is 0.424 e. The third-order valence-corrected chi connectivity index (χ3v) is 8.39. The predicted molar refractivity (Wildman–Crippen MR) is 157 cm³/mol. The molecule has 0 bridgehead atoms. The molecular formula is C31H30ClF3N4O5. The van der Waals surface area contributed by atoms with Crippen LogP contribution in [-0.4, -0.2) is 59.3 Å². The first kappa shape index (κ1) is 30.0. The summed E-state index contributed by atoms with van der Waals surface area (Å²) in [5.74, 6) is 0.136. The Morgan fingerprint density at radius 2 is 1.89 bits per heavy atom. The molecule has 232 valence electrons. The van der Waals surface area contributed by atoms with E-state index < -0.39 is 35.3 Å². The zero-order chi connectivity index (χ0) is 31.6. The lowest BCUT2D eigenvalue weighted by Crippen LogP contribution is -2.51. The standard InChI is InChI=1S/C31H30ClF3N4O5/c1-29(2)15-44-27-20(29)12-24(37-26(27)16-5-8-22(42-3)21(32)10-16)30(41,31(33,34)35)14-36-28(40)17-9-18-13-39(19-6-7-19)38-25(18)23(11-17)43-4/h5,8-13,19,41H,6-7,14-15H2,1-4H3,(H,36,40)/t30-/m0/s1. The number of ether oxygens (including phenoxy) is 3. The number of pyridine rings is 1. The third-order valence-electron chi connectivity index (χ3n) is 8.10. The van der Waals surface area contributed by atoms with E-state index >= 15 is 0 Å². The monoisotopic (exact) mass is 630 g/mol. The SMILES string of the molecule is COc1ccc(-c2nc([C@@](O)(CNC(=O)c3cc(OC)c4nn(C5CC5)cc4c3)C(F)(F)F)cc3c2OCC3(C)C)cc1Cl. The van der Waals surface area contributed by atoms with Gasteiger partial charge in [0.15, 0.2) is 0 Å². The molecule has 1 aliphatic heterocycles. The van der Waals surface area contributed by atoms with Crippen LogP contribution < -0.4 is 19.5 Å². The molecular weight excluding hydrogens is 601 g/mol. The molecule has 2 aliphatic rings. The molecule has 2 aromatic carbocycles. The maximum absolute atomic E-state index is 14.8. The van der Waals surface area contributed by atoms with Gasteiger partial charge < -0.3 is 24.6 Å². The first-order valence-electron chi connectivity index (χ1n) is 13.9. The number of halogens is 4. The van der Waals surface area contributed by atoms with E-state index in [1.807, 2.05) is 13.8 Å². The molecule has 13 heteroatoms. The lowest BCUT2D eigenvalue weighted by atomic mass is 9.84. The van der Waals surface area contributed by atoms with Crippen LogP contribution in [0.3, 0.4) is 0 Å². The number of amides is 1. The minimum atomic E-state index is -5.22. The molecule has 0 radical (unpaired) electrons. The average Bonchev–Trinajstić information content (AvgIpc) is 3.67. The first-order valence-corrected chi connectivity index (χ1v) is 14.3. The molecule has 1 aliphatic carbocycles. The van der Waals surface area contributed by atoms with Gasteiger partial charge in [-0.05, 0) is 49.2 Å². The fourth-order valence-electron chi connectivity index (χ4n) is 5.31. The molecule has 4 aromatic rings. The molecule has 44 heavy (non-hydrogen) atoms. The minimum absolute atomic E-state index is 0.0548. The van der Waals surface area contributed by atoms with Gasteiger partial charge in [-0.1, -0.05) is 25.4 Å². The van der Waals surface area contributed by atoms with Gasteiger partial charge in [0.2, 0.25) is 5.60 Å². The van der Waals surface area contributed by atoms with Crippen LogP contribution in [0.2, 0.25) is 5.02 Å². The van der Waals surface area contributed by atoms with Gasteiger partial charge in [-0.2, -0.15) is 18.3 Å². The van der Waals surface area contributed by atoms with Crippen molar-refractivity contribution >= 4 is 28.4 Å². The zero-order valence-electron chi connectivity index (χ0n) is 24.4. The summed E-state index contributed by atoms with van der Waals surface area (Å²) in [5, 5.41) is 19.0. The van der Waals surface area contributed by atoms with Crippen LogP contribution >= 0.6 is 11.6 Å². The van der Waals surface area contributed by atoms with E-state index in [2.05, 4.69) is 15.4 Å². The van der Waals surface area contributed by atoms with Crippen molar-refractivity contribution < 1.29 is 37.3 Å². The van der Waals surface area contributed by atoms with Crippen LogP contribution in [0.15, 0.2) is 42.6 Å². The molecule has 6 rings (SSSR count). The number of benzene rings is 2. The van der Waals surface area contributed by atoms with Crippen molar-refractivity contribution in [2.45, 2.75) is 49.9 Å². The number of alkyl halides is 3. The molecule has 0 spiro atoms. The maximum Gasteiger partial charge on any atom is 0.424 e. The van der Waals surface area contributed by atoms with Gasteiger partial charge >= 0.3 is 6.18 Å². The third kappa shape index (κ3) is 5.09. The highest BCUT2D eigenvalue weighted by molar-refractivity contribution is 6.32. The number of aliphatic hydroxyl groups is 1. The number of carbonyl (C=O) groups is 1. The van der Waals surface area contributed by atoms with Crippen LogP contribution in [0.25, 0.3) is 22.2 Å². The Balaban J connectivity index is 1.38. The van der Waals surface area contributed by atoms with Crippen LogP contribution in [0.4, 0.5) is 13.2 Å². The Hall–Kier alpha value is -4.03. The Bertz CT molecular complexity index is 1790. The molecule has 1 saturated carbocycles. The van der Waals surface area contributed by atoms with Crippen LogP contribution in [-0.2, 0) is 11.0 Å². The number of aromatic nitrogens is 3. The van der Waals surface area contributed by atoms with Crippen molar-refractivity contribution in [1.29, 1.82) is 0 Å². The lowest BCUT2D eigenvalue weighted by Gasteiger charge is -2.31. The number of carbonyl (C=O) groups excluding carboxylic acids is 1. The van der Waals surface area contributed by atoms with Crippen molar-refractivity contribution in [3.05, 3.63) is 64.4 Å². The molecule has 2 N–H and O–H groups in total. The van der Waals surface area contributed by atoms with E-state index in [-0.39, 0.29) is 28.9 Å². The predicted octanol–water partition coefficient (Wildman–Crippen LogP) is 5.95. The topological polar surface area (TPSA) is 108 Å². The molecule has 2 aromatic heterocycles. The summed E-state index contributed by atoms with van der Waals surface area (Å²) in [6.45, 7) is 2.62. The molecule has 0 unspecified atom stereocenters. The summed E-state index contributed by atoms with van der Waals surface area (Å²) in [6.07, 6.45) is -1.45. The fraction of sp³-hybridized carbons (Fsp3) is 0.387. The summed E-state index contributed by atoms with van der Waals surface area (Å²) >= 11 is 6.32. The van der Waals surface area contributed by atoms with Crippen LogP contribution in [0.1, 0.15) is 54.3 Å². The van der Waals surface area contributed by atoms with Gasteiger partial charge in [-0.25, -0.2) is 4.98 Å². The van der Waals surface area contributed by atoms with E-state index in [1.54, 1.807) is 23.0 Å². The summed E-state index contributed by atoms with van der Waals surface area (Å²) in [6, 6.07) is 9.07. The molecule has 0 saturated heterocycles. The molecule has 9 nitrogen and oxygen atoms in total. The van der Waals surface area contributed by atoms with Crippen molar-refractivity contribution in [3.63, 3.8) is 0 Å². The maximum atomic E-state index is 14.8. The first-order chi connectivity index (χ1) is 20.8. The minimum Gasteiger partial charge on any atom is -0.495 e. The Kier molecular flexibility index (Phi) is 7.20. The number of methoxy groups -OCH3 is 2. The molecule has 1 fully saturated rings. The fourth-order valence-corrected chi connectivity index (χ4v) is 5.57. The number of hydrogen-bond acceptors (Lipinski definition) is 7. The van der Waals surface area contributed by atoms with Crippen molar-refractivity contribution in [3.8, 4) is 28.5 Å². The molecule has 3 heterocycles. The van der Waals surface area contributed by atoms with Gasteiger partial charge in [0.05, 0.1) is 44.1 Å². The van der Waals surface area contributed by atoms with E-state index in [9.17, 15) is 23.1 Å². The lowest BCUT2D eigenvalue weighted by molar-refractivity contribution is -0.265. The largest absolute Gasteiger partial charge is 0.495 e. The van der Waals surface area contributed by atoms with Gasteiger partial charge in [0, 0.05) is 33.7 Å². The summed E-state index contributed by atoms with van der Waals surface area (Å²) in [4.78, 5) is 17.5. The highest BCUT2D eigenvalue weighted by Gasteiger charge is 2.57. The van der Waals surface area contributed by atoms with Crippen molar-refractivity contribution in [2.75, 3.05) is 27.4 Å². The highest BCUT2D eigenvalue weighted by atomic mass is 35.5. The molecule has 1 amide bonds. The number of nitrogens with one attached hydrogen (secondary N) is 1. The van der Waals surface area contributed by atoms with Crippen LogP contribution in [0.5, 0.6) is 17.2 Å². The summed E-state index contributed by atoms with van der Waals surface area (Å²) in [7, 11) is 2.86. The highest BCUT2D eigenvalue weighted by Crippen LogP contribution is 2.48. The second-order valence-electron chi connectivity index (χ2n) is 11.8. The van der Waals surface area contributed by atoms with Crippen molar-refractivity contribution in [2.24, 2.45) is 0 Å². The zero-order valence-corrected chi connectivity index (χ0v) is 25.1.